The topological polar surface area (TPSA) is 93.7 Å². The predicted octanol–water partition coefficient (Wildman–Crippen LogP) is 2.93. The number of anilines is 1. The van der Waals surface area contributed by atoms with Crippen LogP contribution >= 0.6 is 0 Å². The summed E-state index contributed by atoms with van der Waals surface area (Å²) in [5, 5.41) is 5.31. The molecule has 27 heavy (non-hydrogen) atoms. The van der Waals surface area contributed by atoms with E-state index in [1.165, 1.54) is 32.4 Å². The van der Waals surface area contributed by atoms with Crippen LogP contribution in [0, 0.1) is 6.92 Å². The van der Waals surface area contributed by atoms with Crippen LogP contribution in [0.5, 0.6) is 0 Å². The summed E-state index contributed by atoms with van der Waals surface area (Å²) in [5.41, 5.74) is 2.77. The van der Waals surface area contributed by atoms with Gasteiger partial charge in [0.1, 0.15) is 0 Å². The molecule has 7 heteroatoms. The number of ether oxygens (including phenoxy) is 2. The molecule has 2 amide bonds. The molecule has 0 atom stereocenters. The van der Waals surface area contributed by atoms with Crippen LogP contribution in [-0.2, 0) is 15.9 Å². The Hall–Kier alpha value is -3.35. The number of urea groups is 1. The minimum Gasteiger partial charge on any atom is -0.465 e. The highest BCUT2D eigenvalue weighted by Crippen LogP contribution is 2.19. The first-order valence-electron chi connectivity index (χ1n) is 8.35. The molecule has 0 saturated heterocycles. The maximum Gasteiger partial charge on any atom is 0.339 e. The van der Waals surface area contributed by atoms with Gasteiger partial charge in [-0.1, -0.05) is 29.8 Å². The lowest BCUT2D eigenvalue weighted by Gasteiger charge is -2.12. The number of benzene rings is 2. The monoisotopic (exact) mass is 370 g/mol. The van der Waals surface area contributed by atoms with Gasteiger partial charge in [-0.05, 0) is 37.1 Å². The van der Waals surface area contributed by atoms with Crippen molar-refractivity contribution in [2.75, 3.05) is 26.1 Å². The van der Waals surface area contributed by atoms with Gasteiger partial charge in [-0.2, -0.15) is 0 Å². The largest absolute Gasteiger partial charge is 0.465 e. The molecular formula is C20H22N2O5. The average Bonchev–Trinajstić information content (AvgIpc) is 2.66. The van der Waals surface area contributed by atoms with Crippen LogP contribution in [0.25, 0.3) is 0 Å². The Morgan fingerprint density at radius 2 is 1.70 bits per heavy atom. The molecule has 7 nitrogen and oxygen atoms in total. The first-order chi connectivity index (χ1) is 12.9. The molecule has 0 bridgehead atoms. The number of esters is 2. The van der Waals surface area contributed by atoms with Gasteiger partial charge in [-0.3, -0.25) is 0 Å². The molecule has 0 saturated carbocycles. The van der Waals surface area contributed by atoms with Crippen molar-refractivity contribution in [1.29, 1.82) is 0 Å². The van der Waals surface area contributed by atoms with Gasteiger partial charge in [0.2, 0.25) is 0 Å². The van der Waals surface area contributed by atoms with E-state index in [0.29, 0.717) is 13.0 Å². The van der Waals surface area contributed by atoms with Crippen molar-refractivity contribution in [1.82, 2.24) is 5.32 Å². The van der Waals surface area contributed by atoms with Gasteiger partial charge >= 0.3 is 18.0 Å². The molecule has 2 aromatic rings. The van der Waals surface area contributed by atoms with E-state index < -0.39 is 18.0 Å². The molecule has 2 rings (SSSR count). The minimum absolute atomic E-state index is 0.138. The van der Waals surface area contributed by atoms with Crippen molar-refractivity contribution >= 4 is 23.7 Å². The van der Waals surface area contributed by atoms with Gasteiger partial charge < -0.3 is 20.1 Å². The molecule has 0 heterocycles. The predicted molar refractivity (Wildman–Crippen MR) is 101 cm³/mol. The van der Waals surface area contributed by atoms with Crippen molar-refractivity contribution in [2.45, 2.75) is 13.3 Å². The van der Waals surface area contributed by atoms with Crippen molar-refractivity contribution in [3.63, 3.8) is 0 Å². The summed E-state index contributed by atoms with van der Waals surface area (Å²) in [6, 6.07) is 11.7. The normalized spacial score (nSPS) is 10.0. The number of nitrogens with one attached hydrogen (secondary N) is 2. The number of carbonyl (C=O) groups is 3. The van der Waals surface area contributed by atoms with Crippen molar-refractivity contribution in [2.24, 2.45) is 0 Å². The van der Waals surface area contributed by atoms with E-state index in [9.17, 15) is 14.4 Å². The number of amides is 2. The summed E-state index contributed by atoms with van der Waals surface area (Å²) >= 11 is 0. The second-order valence-electron chi connectivity index (χ2n) is 5.86. The molecule has 0 fully saturated rings. The van der Waals surface area contributed by atoms with Gasteiger partial charge in [0, 0.05) is 6.54 Å². The SMILES string of the molecule is COC(=O)c1ccc(C(=O)OC)c(NC(=O)NCCc2cccc(C)c2)c1. The molecule has 0 aliphatic heterocycles. The van der Waals surface area contributed by atoms with Crippen LogP contribution in [0.4, 0.5) is 10.5 Å². The van der Waals surface area contributed by atoms with E-state index in [4.69, 9.17) is 4.74 Å². The van der Waals surface area contributed by atoms with E-state index in [1.54, 1.807) is 0 Å². The Morgan fingerprint density at radius 3 is 2.37 bits per heavy atom. The maximum absolute atomic E-state index is 12.2. The Kier molecular flexibility index (Phi) is 6.93. The number of aryl methyl sites for hydroxylation is 1. The highest BCUT2D eigenvalue weighted by atomic mass is 16.5. The molecule has 0 radical (unpaired) electrons. The van der Waals surface area contributed by atoms with E-state index in [1.807, 2.05) is 25.1 Å². The first kappa shape index (κ1) is 20.0. The fourth-order valence-corrected chi connectivity index (χ4v) is 2.53. The minimum atomic E-state index is -0.624. The van der Waals surface area contributed by atoms with Crippen molar-refractivity contribution in [3.8, 4) is 0 Å². The third-order valence-electron chi connectivity index (χ3n) is 3.88. The van der Waals surface area contributed by atoms with Crippen LogP contribution in [0.3, 0.4) is 0 Å². The Labute approximate surface area is 157 Å². The Morgan fingerprint density at radius 1 is 0.963 bits per heavy atom. The lowest BCUT2D eigenvalue weighted by molar-refractivity contribution is 0.0587. The van der Waals surface area contributed by atoms with Gasteiger partial charge in [-0.15, -0.1) is 0 Å². The van der Waals surface area contributed by atoms with E-state index in [-0.39, 0.29) is 16.8 Å². The van der Waals surface area contributed by atoms with Crippen LogP contribution in [0.1, 0.15) is 31.8 Å². The lowest BCUT2D eigenvalue weighted by atomic mass is 10.1. The summed E-state index contributed by atoms with van der Waals surface area (Å²) in [7, 11) is 2.49. The van der Waals surface area contributed by atoms with Crippen LogP contribution in [0.15, 0.2) is 42.5 Å². The molecule has 0 aliphatic rings. The number of methoxy groups -OCH3 is 2. The lowest BCUT2D eigenvalue weighted by Crippen LogP contribution is -2.31. The fourth-order valence-electron chi connectivity index (χ4n) is 2.53. The highest BCUT2D eigenvalue weighted by Gasteiger charge is 2.17. The number of hydrogen-bond donors (Lipinski definition) is 2. The number of rotatable bonds is 6. The molecule has 2 aromatic carbocycles. The fraction of sp³-hybridized carbons (Fsp3) is 0.250. The molecule has 142 valence electrons. The molecule has 0 aromatic heterocycles. The van der Waals surface area contributed by atoms with Crippen LogP contribution in [0.2, 0.25) is 0 Å². The van der Waals surface area contributed by atoms with E-state index >= 15 is 0 Å². The molecule has 0 aliphatic carbocycles. The quantitative estimate of drug-likeness (QED) is 0.763. The Balaban J connectivity index is 2.05. The zero-order valence-electron chi connectivity index (χ0n) is 15.5. The summed E-state index contributed by atoms with van der Waals surface area (Å²) in [5.74, 6) is -1.20. The van der Waals surface area contributed by atoms with Crippen molar-refractivity contribution in [3.05, 3.63) is 64.7 Å². The van der Waals surface area contributed by atoms with Gasteiger partial charge in [0.15, 0.2) is 0 Å². The average molecular weight is 370 g/mol. The molecular weight excluding hydrogens is 348 g/mol. The van der Waals surface area contributed by atoms with E-state index in [2.05, 4.69) is 21.4 Å². The number of hydrogen-bond acceptors (Lipinski definition) is 5. The summed E-state index contributed by atoms with van der Waals surface area (Å²) < 4.78 is 9.37. The second kappa shape index (κ2) is 9.38. The standard InChI is InChI=1S/C20H22N2O5/c1-13-5-4-6-14(11-13)9-10-21-20(25)22-17-12-15(18(23)26-2)7-8-16(17)19(24)27-3/h4-8,11-12H,9-10H2,1-3H3,(H2,21,22,25). The second-order valence-corrected chi connectivity index (χ2v) is 5.86. The highest BCUT2D eigenvalue weighted by molar-refractivity contribution is 6.03. The zero-order valence-corrected chi connectivity index (χ0v) is 15.5. The van der Waals surface area contributed by atoms with Crippen LogP contribution < -0.4 is 10.6 Å². The van der Waals surface area contributed by atoms with Crippen molar-refractivity contribution < 1.29 is 23.9 Å². The maximum atomic E-state index is 12.2. The third kappa shape index (κ3) is 5.57. The molecule has 0 spiro atoms. The molecule has 0 unspecified atom stereocenters. The summed E-state index contributed by atoms with van der Waals surface area (Å²) in [4.78, 5) is 35.8. The van der Waals surface area contributed by atoms with Gasteiger partial charge in [-0.25, -0.2) is 14.4 Å². The summed E-state index contributed by atoms with van der Waals surface area (Å²) in [6.45, 7) is 2.42. The van der Waals surface area contributed by atoms with E-state index in [0.717, 1.165) is 11.1 Å². The van der Waals surface area contributed by atoms with Crippen LogP contribution in [-0.4, -0.2) is 38.7 Å². The zero-order chi connectivity index (χ0) is 19.8. The van der Waals surface area contributed by atoms with Gasteiger partial charge in [0.25, 0.3) is 0 Å². The number of carbonyl (C=O) groups excluding carboxylic acids is 3. The molecule has 2 N–H and O–H groups in total. The summed E-state index contributed by atoms with van der Waals surface area (Å²) in [6.07, 6.45) is 0.668. The van der Waals surface area contributed by atoms with Gasteiger partial charge in [0.05, 0.1) is 31.0 Å². The Bertz CT molecular complexity index is 848. The first-order valence-corrected chi connectivity index (χ1v) is 8.35. The smallest absolute Gasteiger partial charge is 0.339 e. The third-order valence-corrected chi connectivity index (χ3v) is 3.88.